The van der Waals surface area contributed by atoms with Crippen molar-refractivity contribution in [2.75, 3.05) is 45.8 Å². The molecule has 3 fully saturated rings. The van der Waals surface area contributed by atoms with Crippen LogP contribution in [0.1, 0.15) is 72.1 Å². The lowest BCUT2D eigenvalue weighted by Crippen LogP contribution is -2.55. The molecule has 6 heteroatoms. The standard InChI is InChI=1S/C22H39N3O3/c1-21(2,3)28-20(27)25-16-8-11-22(18-25)10-7-15-24(17-22)19(26)9-6-14-23-12-4-5-13-23/h4-18H2,1-3H3. The van der Waals surface area contributed by atoms with Crippen molar-refractivity contribution in [1.82, 2.24) is 14.7 Å². The van der Waals surface area contributed by atoms with Crippen LogP contribution in [-0.4, -0.2) is 78.1 Å². The summed E-state index contributed by atoms with van der Waals surface area (Å²) in [5.41, 5.74) is -0.413. The Kier molecular flexibility index (Phi) is 6.89. The number of piperidine rings is 2. The SMILES string of the molecule is CC(C)(C)OC(=O)N1CCCC2(CCCN(C(=O)CCCN3CCCC3)C2)C1. The quantitative estimate of drug-likeness (QED) is 0.733. The van der Waals surface area contributed by atoms with Gasteiger partial charge in [-0.3, -0.25) is 4.79 Å². The average Bonchev–Trinajstić information content (AvgIpc) is 3.14. The number of nitrogens with zero attached hydrogens (tertiary/aromatic N) is 3. The Hall–Kier alpha value is -1.30. The fraction of sp³-hybridized carbons (Fsp3) is 0.909. The Morgan fingerprint density at radius 2 is 1.50 bits per heavy atom. The zero-order valence-corrected chi connectivity index (χ0v) is 18.2. The van der Waals surface area contributed by atoms with Crippen molar-refractivity contribution in [3.05, 3.63) is 0 Å². The monoisotopic (exact) mass is 393 g/mol. The molecule has 1 unspecified atom stereocenters. The van der Waals surface area contributed by atoms with Crippen LogP contribution in [0.3, 0.4) is 0 Å². The van der Waals surface area contributed by atoms with Crippen molar-refractivity contribution in [1.29, 1.82) is 0 Å². The molecule has 6 nitrogen and oxygen atoms in total. The molecule has 3 aliphatic heterocycles. The van der Waals surface area contributed by atoms with Gasteiger partial charge in [0.2, 0.25) is 5.91 Å². The molecule has 3 rings (SSSR count). The van der Waals surface area contributed by atoms with Crippen molar-refractivity contribution >= 4 is 12.0 Å². The zero-order valence-electron chi connectivity index (χ0n) is 18.2. The number of ether oxygens (including phenoxy) is 1. The van der Waals surface area contributed by atoms with Crippen LogP contribution in [0.4, 0.5) is 4.79 Å². The third kappa shape index (κ3) is 5.85. The lowest BCUT2D eigenvalue weighted by atomic mass is 9.73. The van der Waals surface area contributed by atoms with Gasteiger partial charge in [-0.05, 0) is 85.4 Å². The van der Waals surface area contributed by atoms with Crippen LogP contribution in [-0.2, 0) is 9.53 Å². The normalized spacial score (nSPS) is 26.7. The molecule has 3 saturated heterocycles. The van der Waals surface area contributed by atoms with Crippen molar-refractivity contribution in [3.8, 4) is 0 Å². The number of rotatable bonds is 4. The van der Waals surface area contributed by atoms with Gasteiger partial charge in [-0.25, -0.2) is 4.79 Å². The Morgan fingerprint density at radius 3 is 2.14 bits per heavy atom. The lowest BCUT2D eigenvalue weighted by Gasteiger charge is -2.48. The minimum atomic E-state index is -0.467. The average molecular weight is 394 g/mol. The van der Waals surface area contributed by atoms with E-state index >= 15 is 0 Å². The van der Waals surface area contributed by atoms with Gasteiger partial charge in [0.25, 0.3) is 0 Å². The van der Waals surface area contributed by atoms with E-state index in [4.69, 9.17) is 4.74 Å². The van der Waals surface area contributed by atoms with Crippen LogP contribution in [0.2, 0.25) is 0 Å². The van der Waals surface area contributed by atoms with Crippen molar-refractivity contribution in [3.63, 3.8) is 0 Å². The van der Waals surface area contributed by atoms with Gasteiger partial charge in [0.05, 0.1) is 0 Å². The summed E-state index contributed by atoms with van der Waals surface area (Å²) < 4.78 is 5.59. The molecular formula is C22H39N3O3. The highest BCUT2D eigenvalue weighted by molar-refractivity contribution is 5.76. The van der Waals surface area contributed by atoms with E-state index in [-0.39, 0.29) is 11.5 Å². The second kappa shape index (κ2) is 9.02. The molecule has 0 aromatic carbocycles. The molecule has 0 bridgehead atoms. The van der Waals surface area contributed by atoms with E-state index in [9.17, 15) is 9.59 Å². The minimum absolute atomic E-state index is 0.0536. The highest BCUT2D eigenvalue weighted by atomic mass is 16.6. The van der Waals surface area contributed by atoms with E-state index in [1.165, 1.54) is 25.9 Å². The predicted molar refractivity (Wildman–Crippen MR) is 110 cm³/mol. The first kappa shape index (κ1) is 21.4. The van der Waals surface area contributed by atoms with Crippen LogP contribution in [0.5, 0.6) is 0 Å². The Morgan fingerprint density at radius 1 is 0.893 bits per heavy atom. The number of carbonyl (C=O) groups is 2. The Labute approximate surface area is 170 Å². The summed E-state index contributed by atoms with van der Waals surface area (Å²) in [4.78, 5) is 31.8. The second-order valence-corrected chi connectivity index (χ2v) is 10.1. The smallest absolute Gasteiger partial charge is 0.410 e. The van der Waals surface area contributed by atoms with Gasteiger partial charge in [0.15, 0.2) is 0 Å². The fourth-order valence-corrected chi connectivity index (χ4v) is 5.06. The number of amides is 2. The summed E-state index contributed by atoms with van der Waals surface area (Å²) in [6.07, 6.45) is 8.26. The number of hydrogen-bond acceptors (Lipinski definition) is 4. The molecule has 0 aliphatic carbocycles. The molecule has 1 atom stereocenters. The summed E-state index contributed by atoms with van der Waals surface area (Å²) in [5, 5.41) is 0. The van der Waals surface area contributed by atoms with E-state index in [0.717, 1.165) is 64.8 Å². The molecule has 0 N–H and O–H groups in total. The first-order valence-corrected chi connectivity index (χ1v) is 11.2. The van der Waals surface area contributed by atoms with Crippen molar-refractivity contribution in [2.24, 2.45) is 5.41 Å². The first-order chi connectivity index (χ1) is 13.3. The minimum Gasteiger partial charge on any atom is -0.444 e. The van der Waals surface area contributed by atoms with Crippen LogP contribution in [0.15, 0.2) is 0 Å². The molecule has 28 heavy (non-hydrogen) atoms. The maximum atomic E-state index is 12.8. The lowest BCUT2D eigenvalue weighted by molar-refractivity contribution is -0.136. The highest BCUT2D eigenvalue weighted by Crippen LogP contribution is 2.39. The van der Waals surface area contributed by atoms with Gasteiger partial charge in [-0.15, -0.1) is 0 Å². The number of carbonyl (C=O) groups excluding carboxylic acids is 2. The Balaban J connectivity index is 1.50. The molecule has 0 radical (unpaired) electrons. The van der Waals surface area contributed by atoms with Crippen LogP contribution >= 0.6 is 0 Å². The van der Waals surface area contributed by atoms with Gasteiger partial charge in [-0.1, -0.05) is 0 Å². The third-order valence-electron chi connectivity index (χ3n) is 6.39. The van der Waals surface area contributed by atoms with Crippen LogP contribution < -0.4 is 0 Å². The number of hydrogen-bond donors (Lipinski definition) is 0. The van der Waals surface area contributed by atoms with Gasteiger partial charge in [0, 0.05) is 38.0 Å². The molecule has 1 spiro atoms. The van der Waals surface area contributed by atoms with Gasteiger partial charge < -0.3 is 19.4 Å². The molecule has 3 heterocycles. The summed E-state index contributed by atoms with van der Waals surface area (Å²) in [7, 11) is 0. The maximum absolute atomic E-state index is 12.8. The van der Waals surface area contributed by atoms with E-state index in [1.807, 2.05) is 25.7 Å². The summed E-state index contributed by atoms with van der Waals surface area (Å²) in [5.74, 6) is 0.299. The van der Waals surface area contributed by atoms with Gasteiger partial charge >= 0.3 is 6.09 Å². The molecule has 2 amide bonds. The Bertz CT molecular complexity index is 550. The van der Waals surface area contributed by atoms with Crippen molar-refractivity contribution in [2.45, 2.75) is 77.7 Å². The molecular weight excluding hydrogens is 354 g/mol. The summed E-state index contributed by atoms with van der Waals surface area (Å²) in [6.45, 7) is 12.3. The molecule has 3 aliphatic rings. The summed E-state index contributed by atoms with van der Waals surface area (Å²) in [6, 6.07) is 0. The largest absolute Gasteiger partial charge is 0.444 e. The molecule has 160 valence electrons. The van der Waals surface area contributed by atoms with Gasteiger partial charge in [-0.2, -0.15) is 0 Å². The fourth-order valence-electron chi connectivity index (χ4n) is 5.06. The van der Waals surface area contributed by atoms with E-state index in [1.54, 1.807) is 0 Å². The molecule has 0 saturated carbocycles. The van der Waals surface area contributed by atoms with Crippen LogP contribution in [0, 0.1) is 5.41 Å². The third-order valence-corrected chi connectivity index (χ3v) is 6.39. The van der Waals surface area contributed by atoms with Crippen LogP contribution in [0.25, 0.3) is 0 Å². The predicted octanol–water partition coefficient (Wildman–Crippen LogP) is 3.50. The number of likely N-dealkylation sites (tertiary alicyclic amines) is 3. The molecule has 0 aromatic rings. The van der Waals surface area contributed by atoms with Crippen molar-refractivity contribution < 1.29 is 14.3 Å². The summed E-state index contributed by atoms with van der Waals surface area (Å²) >= 11 is 0. The van der Waals surface area contributed by atoms with E-state index < -0.39 is 5.60 Å². The maximum Gasteiger partial charge on any atom is 0.410 e. The second-order valence-electron chi connectivity index (χ2n) is 10.1. The highest BCUT2D eigenvalue weighted by Gasteiger charge is 2.42. The van der Waals surface area contributed by atoms with Gasteiger partial charge in [0.1, 0.15) is 5.60 Å². The molecule has 0 aromatic heterocycles. The first-order valence-electron chi connectivity index (χ1n) is 11.2. The topological polar surface area (TPSA) is 53.1 Å². The zero-order chi connectivity index (χ0) is 20.2. The van der Waals surface area contributed by atoms with E-state index in [0.29, 0.717) is 12.3 Å². The van der Waals surface area contributed by atoms with E-state index in [2.05, 4.69) is 9.80 Å².